The van der Waals surface area contributed by atoms with E-state index in [9.17, 15) is 4.79 Å². The Labute approximate surface area is 120 Å². The van der Waals surface area contributed by atoms with Crippen LogP contribution in [-0.2, 0) is 11.3 Å². The molecule has 0 bridgehead atoms. The minimum Gasteiger partial charge on any atom is -0.357 e. The second-order valence-corrected chi connectivity index (χ2v) is 4.73. The van der Waals surface area contributed by atoms with Gasteiger partial charge in [0.25, 0.3) is 0 Å². The van der Waals surface area contributed by atoms with Gasteiger partial charge in [-0.05, 0) is 31.4 Å². The Bertz CT molecular complexity index is 402. The number of hydrogen-bond acceptors (Lipinski definition) is 4. The standard InChI is InChI=1S/C13H20N4O.ClH/c1-10(14)13(18)16-9-11-4-5-12(15-8-11)17-6-2-3-7-17;/h4-5,8,10H,2-3,6-7,9,14H2,1H3,(H,16,18);1H. The number of amides is 1. The zero-order chi connectivity index (χ0) is 13.0. The molecular weight excluding hydrogens is 264 g/mol. The molecule has 2 rings (SSSR count). The van der Waals surface area contributed by atoms with Gasteiger partial charge in [0.05, 0.1) is 6.04 Å². The van der Waals surface area contributed by atoms with Gasteiger partial charge in [-0.3, -0.25) is 4.79 Å². The van der Waals surface area contributed by atoms with Crippen LogP contribution in [0.15, 0.2) is 18.3 Å². The summed E-state index contributed by atoms with van der Waals surface area (Å²) in [7, 11) is 0. The number of nitrogens with one attached hydrogen (secondary N) is 1. The van der Waals surface area contributed by atoms with Crippen molar-refractivity contribution in [1.29, 1.82) is 0 Å². The van der Waals surface area contributed by atoms with Gasteiger partial charge in [-0.25, -0.2) is 4.98 Å². The quantitative estimate of drug-likeness (QED) is 0.867. The topological polar surface area (TPSA) is 71.2 Å². The van der Waals surface area contributed by atoms with Crippen LogP contribution >= 0.6 is 12.4 Å². The van der Waals surface area contributed by atoms with Crippen molar-refractivity contribution in [2.45, 2.75) is 32.4 Å². The van der Waals surface area contributed by atoms with Crippen molar-refractivity contribution in [3.05, 3.63) is 23.9 Å². The van der Waals surface area contributed by atoms with E-state index in [1.165, 1.54) is 12.8 Å². The number of carbonyl (C=O) groups is 1. The first-order valence-corrected chi connectivity index (χ1v) is 6.40. The Balaban J connectivity index is 0.00000180. The van der Waals surface area contributed by atoms with Crippen molar-refractivity contribution in [2.24, 2.45) is 5.73 Å². The number of anilines is 1. The highest BCUT2D eigenvalue weighted by atomic mass is 35.5. The van der Waals surface area contributed by atoms with Crippen LogP contribution in [0.2, 0.25) is 0 Å². The maximum atomic E-state index is 11.3. The highest BCUT2D eigenvalue weighted by Crippen LogP contribution is 2.17. The number of nitrogens with zero attached hydrogens (tertiary/aromatic N) is 2. The summed E-state index contributed by atoms with van der Waals surface area (Å²) < 4.78 is 0. The molecule has 0 saturated carbocycles. The number of aromatic nitrogens is 1. The third-order valence-corrected chi connectivity index (χ3v) is 3.12. The van der Waals surface area contributed by atoms with Crippen molar-refractivity contribution in [2.75, 3.05) is 18.0 Å². The van der Waals surface area contributed by atoms with E-state index < -0.39 is 6.04 Å². The van der Waals surface area contributed by atoms with Gasteiger partial charge in [-0.2, -0.15) is 0 Å². The van der Waals surface area contributed by atoms with Crippen molar-refractivity contribution in [1.82, 2.24) is 10.3 Å². The summed E-state index contributed by atoms with van der Waals surface area (Å²) in [5.74, 6) is 0.883. The summed E-state index contributed by atoms with van der Waals surface area (Å²) in [5.41, 5.74) is 6.47. The maximum Gasteiger partial charge on any atom is 0.236 e. The fourth-order valence-corrected chi connectivity index (χ4v) is 2.00. The number of pyridine rings is 1. The molecule has 106 valence electrons. The van der Waals surface area contributed by atoms with E-state index in [1.54, 1.807) is 6.92 Å². The average Bonchev–Trinajstić information content (AvgIpc) is 2.90. The Morgan fingerprint density at radius 1 is 1.47 bits per heavy atom. The second-order valence-electron chi connectivity index (χ2n) is 4.73. The number of nitrogens with two attached hydrogens (primary N) is 1. The molecule has 1 fully saturated rings. The molecule has 1 aliphatic heterocycles. The number of hydrogen-bond donors (Lipinski definition) is 2. The van der Waals surface area contributed by atoms with Crippen molar-refractivity contribution >= 4 is 24.1 Å². The van der Waals surface area contributed by atoms with E-state index in [1.807, 2.05) is 18.3 Å². The molecule has 1 amide bonds. The molecule has 0 spiro atoms. The molecule has 19 heavy (non-hydrogen) atoms. The molecule has 0 aliphatic carbocycles. The van der Waals surface area contributed by atoms with E-state index >= 15 is 0 Å². The second kappa shape index (κ2) is 7.31. The van der Waals surface area contributed by atoms with Gasteiger partial charge in [-0.1, -0.05) is 6.07 Å². The Morgan fingerprint density at radius 2 is 2.16 bits per heavy atom. The van der Waals surface area contributed by atoms with E-state index in [2.05, 4.69) is 15.2 Å². The van der Waals surface area contributed by atoms with Gasteiger partial charge in [0.2, 0.25) is 5.91 Å². The van der Waals surface area contributed by atoms with E-state index in [-0.39, 0.29) is 18.3 Å². The molecule has 2 heterocycles. The lowest BCUT2D eigenvalue weighted by Crippen LogP contribution is -2.37. The molecule has 0 radical (unpaired) electrons. The molecule has 0 aromatic carbocycles. The first kappa shape index (κ1) is 15.7. The molecule has 5 nitrogen and oxygen atoms in total. The number of rotatable bonds is 4. The molecule has 6 heteroatoms. The summed E-state index contributed by atoms with van der Waals surface area (Å²) >= 11 is 0. The molecule has 1 saturated heterocycles. The summed E-state index contributed by atoms with van der Waals surface area (Å²) in [6.07, 6.45) is 4.30. The SMILES string of the molecule is CC(N)C(=O)NCc1ccc(N2CCCC2)nc1.Cl. The van der Waals surface area contributed by atoms with Gasteiger partial charge in [-0.15, -0.1) is 12.4 Å². The van der Waals surface area contributed by atoms with Gasteiger partial charge in [0.1, 0.15) is 5.82 Å². The van der Waals surface area contributed by atoms with Crippen LogP contribution in [0.5, 0.6) is 0 Å². The summed E-state index contributed by atoms with van der Waals surface area (Å²) in [5, 5.41) is 2.77. The predicted molar refractivity (Wildman–Crippen MR) is 78.4 cm³/mol. The largest absolute Gasteiger partial charge is 0.357 e. The fourth-order valence-electron chi connectivity index (χ4n) is 2.00. The molecule has 1 atom stereocenters. The number of carbonyl (C=O) groups excluding carboxylic acids is 1. The average molecular weight is 285 g/mol. The van der Waals surface area contributed by atoms with Gasteiger partial charge in [0, 0.05) is 25.8 Å². The molecule has 1 unspecified atom stereocenters. The Hall–Kier alpha value is -1.33. The third kappa shape index (κ3) is 4.36. The van der Waals surface area contributed by atoms with Crippen molar-refractivity contribution < 1.29 is 4.79 Å². The molecule has 1 aliphatic rings. The fraction of sp³-hybridized carbons (Fsp3) is 0.538. The molecule has 1 aromatic rings. The zero-order valence-corrected chi connectivity index (χ0v) is 11.9. The lowest BCUT2D eigenvalue weighted by atomic mass is 10.2. The van der Waals surface area contributed by atoms with Crippen LogP contribution in [-0.4, -0.2) is 30.0 Å². The highest BCUT2D eigenvalue weighted by molar-refractivity contribution is 5.85. The maximum absolute atomic E-state index is 11.3. The Kier molecular flexibility index (Phi) is 6.05. The van der Waals surface area contributed by atoms with Crippen molar-refractivity contribution in [3.8, 4) is 0 Å². The van der Waals surface area contributed by atoms with E-state index in [4.69, 9.17) is 5.73 Å². The molecule has 3 N–H and O–H groups in total. The zero-order valence-electron chi connectivity index (χ0n) is 11.1. The summed E-state index contributed by atoms with van der Waals surface area (Å²) in [4.78, 5) is 18.0. The normalized spacial score (nSPS) is 15.8. The Morgan fingerprint density at radius 3 is 2.68 bits per heavy atom. The smallest absolute Gasteiger partial charge is 0.236 e. The van der Waals surface area contributed by atoms with Gasteiger partial charge >= 0.3 is 0 Å². The molecule has 1 aromatic heterocycles. The van der Waals surface area contributed by atoms with E-state index in [0.29, 0.717) is 6.54 Å². The first-order chi connectivity index (χ1) is 8.66. The van der Waals surface area contributed by atoms with Crippen LogP contribution in [0.3, 0.4) is 0 Å². The van der Waals surface area contributed by atoms with Crippen LogP contribution in [0.25, 0.3) is 0 Å². The lowest BCUT2D eigenvalue weighted by molar-refractivity contribution is -0.122. The third-order valence-electron chi connectivity index (χ3n) is 3.12. The first-order valence-electron chi connectivity index (χ1n) is 6.40. The van der Waals surface area contributed by atoms with Crippen LogP contribution in [0.4, 0.5) is 5.82 Å². The van der Waals surface area contributed by atoms with E-state index in [0.717, 1.165) is 24.5 Å². The minimum absolute atomic E-state index is 0. The monoisotopic (exact) mass is 284 g/mol. The van der Waals surface area contributed by atoms with Crippen LogP contribution in [0, 0.1) is 0 Å². The van der Waals surface area contributed by atoms with Gasteiger partial charge < -0.3 is 16.0 Å². The minimum atomic E-state index is -0.471. The van der Waals surface area contributed by atoms with Crippen LogP contribution < -0.4 is 16.0 Å². The number of halogens is 1. The van der Waals surface area contributed by atoms with Crippen LogP contribution in [0.1, 0.15) is 25.3 Å². The molecular formula is C13H21ClN4O. The predicted octanol–water partition coefficient (Wildman–Crippen LogP) is 1.07. The van der Waals surface area contributed by atoms with Crippen molar-refractivity contribution in [3.63, 3.8) is 0 Å². The highest BCUT2D eigenvalue weighted by Gasteiger charge is 2.13. The lowest BCUT2D eigenvalue weighted by Gasteiger charge is -2.16. The summed E-state index contributed by atoms with van der Waals surface area (Å²) in [6, 6.07) is 3.54. The summed E-state index contributed by atoms with van der Waals surface area (Å²) in [6.45, 7) is 4.33. The van der Waals surface area contributed by atoms with Gasteiger partial charge in [0.15, 0.2) is 0 Å².